The lowest BCUT2D eigenvalue weighted by atomic mass is 9.87. The Bertz CT molecular complexity index is 479. The molecule has 0 aromatic carbocycles. The molecule has 1 aromatic heterocycles. The van der Waals surface area contributed by atoms with Gasteiger partial charge in [0.2, 0.25) is 0 Å². The number of hydrogen-bond acceptors (Lipinski definition) is 4. The first-order chi connectivity index (χ1) is 11.4. The maximum absolute atomic E-state index is 4.12. The Morgan fingerprint density at radius 2 is 1.70 bits per heavy atom. The standard InChI is InChI=1S/C19H30N4/c1-4-18(5-1)23-10-2-3-17(16-23)15-21-11-13-22(14-12-21)19-6-8-20-9-7-19/h6-9,17-18H,1-5,10-16H2. The predicted molar refractivity (Wildman–Crippen MR) is 94.8 cm³/mol. The summed E-state index contributed by atoms with van der Waals surface area (Å²) in [6.07, 6.45) is 11.0. The molecule has 126 valence electrons. The third kappa shape index (κ3) is 3.69. The van der Waals surface area contributed by atoms with Crippen molar-refractivity contribution in [3.05, 3.63) is 24.5 Å². The van der Waals surface area contributed by atoms with Crippen LogP contribution in [0.5, 0.6) is 0 Å². The molecule has 4 heteroatoms. The van der Waals surface area contributed by atoms with Gasteiger partial charge in [-0.1, -0.05) is 6.42 Å². The smallest absolute Gasteiger partial charge is 0.0397 e. The summed E-state index contributed by atoms with van der Waals surface area (Å²) in [5, 5.41) is 0. The molecule has 0 bridgehead atoms. The molecule has 0 N–H and O–H groups in total. The van der Waals surface area contributed by atoms with Crippen LogP contribution in [0.2, 0.25) is 0 Å². The third-order valence-electron chi connectivity index (χ3n) is 6.06. The van der Waals surface area contributed by atoms with E-state index in [0.29, 0.717) is 0 Å². The van der Waals surface area contributed by atoms with Crippen LogP contribution in [-0.4, -0.2) is 66.6 Å². The van der Waals surface area contributed by atoms with Crippen LogP contribution in [0.15, 0.2) is 24.5 Å². The Morgan fingerprint density at radius 1 is 0.913 bits per heavy atom. The number of anilines is 1. The molecule has 1 atom stereocenters. The van der Waals surface area contributed by atoms with Crippen LogP contribution < -0.4 is 4.90 Å². The molecule has 0 radical (unpaired) electrons. The first-order valence-electron chi connectivity index (χ1n) is 9.50. The molecule has 1 unspecified atom stereocenters. The SMILES string of the molecule is c1cc(N2CCN(CC3CCCN(C4CCC4)C3)CC2)ccn1. The Morgan fingerprint density at radius 3 is 2.39 bits per heavy atom. The molecule has 3 heterocycles. The normalized spacial score (nSPS) is 27.8. The topological polar surface area (TPSA) is 22.6 Å². The molecule has 0 amide bonds. The number of piperazine rings is 1. The fraction of sp³-hybridized carbons (Fsp3) is 0.737. The molecule has 1 aromatic rings. The first-order valence-corrected chi connectivity index (χ1v) is 9.50. The molecule has 23 heavy (non-hydrogen) atoms. The molecule has 4 nitrogen and oxygen atoms in total. The molecular weight excluding hydrogens is 284 g/mol. The Kier molecular flexibility index (Phi) is 4.81. The summed E-state index contributed by atoms with van der Waals surface area (Å²) in [6.45, 7) is 8.76. The summed E-state index contributed by atoms with van der Waals surface area (Å²) in [5.74, 6) is 0.900. The average molecular weight is 314 g/mol. The van der Waals surface area contributed by atoms with Crippen LogP contribution in [0, 0.1) is 5.92 Å². The number of rotatable bonds is 4. The van der Waals surface area contributed by atoms with Gasteiger partial charge in [0, 0.05) is 63.4 Å². The van der Waals surface area contributed by atoms with Gasteiger partial charge in [-0.3, -0.25) is 9.88 Å². The fourth-order valence-corrected chi connectivity index (χ4v) is 4.44. The van der Waals surface area contributed by atoms with Crippen molar-refractivity contribution in [1.82, 2.24) is 14.8 Å². The first kappa shape index (κ1) is 15.4. The van der Waals surface area contributed by atoms with Crippen LogP contribution in [0.4, 0.5) is 5.69 Å². The van der Waals surface area contributed by atoms with E-state index in [1.807, 2.05) is 12.4 Å². The van der Waals surface area contributed by atoms with Gasteiger partial charge in [-0.05, 0) is 50.3 Å². The van der Waals surface area contributed by atoms with E-state index in [4.69, 9.17) is 0 Å². The summed E-state index contributed by atoms with van der Waals surface area (Å²) < 4.78 is 0. The van der Waals surface area contributed by atoms with Crippen molar-refractivity contribution in [3.63, 3.8) is 0 Å². The van der Waals surface area contributed by atoms with Gasteiger partial charge < -0.3 is 9.80 Å². The Hall–Kier alpha value is -1.13. The van der Waals surface area contributed by atoms with E-state index < -0.39 is 0 Å². The summed E-state index contributed by atoms with van der Waals surface area (Å²) in [7, 11) is 0. The molecule has 3 fully saturated rings. The van der Waals surface area contributed by atoms with Crippen molar-refractivity contribution in [2.45, 2.75) is 38.1 Å². The van der Waals surface area contributed by atoms with E-state index in [1.165, 1.54) is 70.5 Å². The molecule has 2 saturated heterocycles. The van der Waals surface area contributed by atoms with E-state index in [2.05, 4.69) is 31.8 Å². The largest absolute Gasteiger partial charge is 0.369 e. The van der Waals surface area contributed by atoms with Gasteiger partial charge in [-0.2, -0.15) is 0 Å². The van der Waals surface area contributed by atoms with Gasteiger partial charge in [0.1, 0.15) is 0 Å². The Labute approximate surface area is 140 Å². The van der Waals surface area contributed by atoms with Gasteiger partial charge in [-0.15, -0.1) is 0 Å². The average Bonchev–Trinajstić information content (AvgIpc) is 2.55. The quantitative estimate of drug-likeness (QED) is 0.851. The number of piperidine rings is 1. The van der Waals surface area contributed by atoms with Crippen LogP contribution in [0.1, 0.15) is 32.1 Å². The number of aromatic nitrogens is 1. The number of hydrogen-bond donors (Lipinski definition) is 0. The predicted octanol–water partition coefficient (Wildman–Crippen LogP) is 2.47. The van der Waals surface area contributed by atoms with E-state index in [1.54, 1.807) is 0 Å². The second-order valence-corrected chi connectivity index (χ2v) is 7.58. The molecule has 0 spiro atoms. The van der Waals surface area contributed by atoms with Crippen LogP contribution in [0.3, 0.4) is 0 Å². The van der Waals surface area contributed by atoms with Crippen molar-refractivity contribution in [2.75, 3.05) is 50.7 Å². The molecule has 2 aliphatic heterocycles. The number of pyridine rings is 1. The summed E-state index contributed by atoms with van der Waals surface area (Å²) in [6, 6.07) is 5.20. The van der Waals surface area contributed by atoms with Gasteiger partial charge in [0.25, 0.3) is 0 Å². The van der Waals surface area contributed by atoms with Gasteiger partial charge in [0.15, 0.2) is 0 Å². The lowest BCUT2D eigenvalue weighted by Gasteiger charge is -2.44. The summed E-state index contributed by atoms with van der Waals surface area (Å²) in [4.78, 5) is 12.1. The second kappa shape index (κ2) is 7.18. The van der Waals surface area contributed by atoms with Crippen molar-refractivity contribution >= 4 is 5.69 Å². The minimum atomic E-state index is 0.900. The van der Waals surface area contributed by atoms with E-state index in [0.717, 1.165) is 25.0 Å². The third-order valence-corrected chi connectivity index (χ3v) is 6.06. The van der Waals surface area contributed by atoms with E-state index >= 15 is 0 Å². The Balaban J connectivity index is 1.24. The minimum Gasteiger partial charge on any atom is -0.369 e. The maximum atomic E-state index is 4.12. The minimum absolute atomic E-state index is 0.900. The van der Waals surface area contributed by atoms with Crippen LogP contribution in [0.25, 0.3) is 0 Å². The summed E-state index contributed by atoms with van der Waals surface area (Å²) >= 11 is 0. The highest BCUT2D eigenvalue weighted by Crippen LogP contribution is 2.29. The lowest BCUT2D eigenvalue weighted by Crippen LogP contribution is -2.51. The molecular formula is C19H30N4. The number of likely N-dealkylation sites (tertiary alicyclic amines) is 1. The lowest BCUT2D eigenvalue weighted by molar-refractivity contribution is 0.0619. The molecule has 1 saturated carbocycles. The van der Waals surface area contributed by atoms with Crippen molar-refractivity contribution in [3.8, 4) is 0 Å². The van der Waals surface area contributed by atoms with Gasteiger partial charge in [0.05, 0.1) is 0 Å². The highest BCUT2D eigenvalue weighted by Gasteiger charge is 2.30. The molecule has 3 aliphatic rings. The maximum Gasteiger partial charge on any atom is 0.0397 e. The second-order valence-electron chi connectivity index (χ2n) is 7.58. The summed E-state index contributed by atoms with van der Waals surface area (Å²) in [5.41, 5.74) is 1.33. The monoisotopic (exact) mass is 314 g/mol. The van der Waals surface area contributed by atoms with Gasteiger partial charge >= 0.3 is 0 Å². The van der Waals surface area contributed by atoms with Crippen LogP contribution >= 0.6 is 0 Å². The zero-order valence-corrected chi connectivity index (χ0v) is 14.2. The van der Waals surface area contributed by atoms with E-state index in [-0.39, 0.29) is 0 Å². The molecule has 1 aliphatic carbocycles. The van der Waals surface area contributed by atoms with Crippen molar-refractivity contribution in [1.29, 1.82) is 0 Å². The van der Waals surface area contributed by atoms with Crippen LogP contribution in [-0.2, 0) is 0 Å². The van der Waals surface area contributed by atoms with Gasteiger partial charge in [-0.25, -0.2) is 0 Å². The highest BCUT2D eigenvalue weighted by atomic mass is 15.3. The number of nitrogens with zero attached hydrogens (tertiary/aromatic N) is 4. The van der Waals surface area contributed by atoms with E-state index in [9.17, 15) is 0 Å². The zero-order chi connectivity index (χ0) is 15.5. The molecule has 4 rings (SSSR count). The fourth-order valence-electron chi connectivity index (χ4n) is 4.44. The zero-order valence-electron chi connectivity index (χ0n) is 14.2. The van der Waals surface area contributed by atoms with Crippen molar-refractivity contribution in [2.24, 2.45) is 5.92 Å². The highest BCUT2D eigenvalue weighted by molar-refractivity contribution is 5.44. The van der Waals surface area contributed by atoms with Crippen molar-refractivity contribution < 1.29 is 0 Å².